The van der Waals surface area contributed by atoms with Crippen molar-refractivity contribution in [3.8, 4) is 11.3 Å². The van der Waals surface area contributed by atoms with Crippen molar-refractivity contribution in [1.29, 1.82) is 0 Å². The Bertz CT molecular complexity index is 644. The van der Waals surface area contributed by atoms with E-state index in [2.05, 4.69) is 11.8 Å². The highest BCUT2D eigenvalue weighted by Crippen LogP contribution is 2.30. The summed E-state index contributed by atoms with van der Waals surface area (Å²) >= 11 is 11.8. The van der Waals surface area contributed by atoms with Crippen LogP contribution in [-0.2, 0) is 0 Å². The average Bonchev–Trinajstić information content (AvgIpc) is 2.97. The van der Waals surface area contributed by atoms with E-state index in [9.17, 15) is 0 Å². The highest BCUT2D eigenvalue weighted by atomic mass is 35.5. The Morgan fingerprint density at radius 1 is 1.19 bits per heavy atom. The molecule has 21 heavy (non-hydrogen) atoms. The van der Waals surface area contributed by atoms with Crippen LogP contribution < -0.4 is 0 Å². The molecule has 1 aliphatic rings. The zero-order valence-electron chi connectivity index (χ0n) is 12.0. The van der Waals surface area contributed by atoms with Gasteiger partial charge in [0.15, 0.2) is 5.76 Å². The summed E-state index contributed by atoms with van der Waals surface area (Å²) < 4.78 is 5.93. The summed E-state index contributed by atoms with van der Waals surface area (Å²) in [6.45, 7) is 4.33. The summed E-state index contributed by atoms with van der Waals surface area (Å²) in [6, 6.07) is 11.6. The van der Waals surface area contributed by atoms with Gasteiger partial charge in [0.1, 0.15) is 10.7 Å². The standard InChI is InChI=1S/C17H18ClNOS/c1-12-8-10-19(11-9-12)17(21)16-7-6-15(20-16)13-4-2-3-5-14(13)18/h2-7,12H,8-11H2,1H3. The Morgan fingerprint density at radius 3 is 2.62 bits per heavy atom. The molecule has 0 radical (unpaired) electrons. The summed E-state index contributed by atoms with van der Waals surface area (Å²) in [5, 5.41) is 0.691. The van der Waals surface area contributed by atoms with Gasteiger partial charge in [-0.2, -0.15) is 0 Å². The molecule has 0 unspecified atom stereocenters. The van der Waals surface area contributed by atoms with Gasteiger partial charge in [0, 0.05) is 18.7 Å². The molecule has 4 heteroatoms. The number of furan rings is 1. The first-order valence-electron chi connectivity index (χ1n) is 7.29. The summed E-state index contributed by atoms with van der Waals surface area (Å²) in [5.41, 5.74) is 0.903. The van der Waals surface area contributed by atoms with Crippen molar-refractivity contribution >= 4 is 28.8 Å². The third kappa shape index (κ3) is 3.14. The fourth-order valence-corrected chi connectivity index (χ4v) is 3.15. The molecular formula is C17H18ClNOS. The van der Waals surface area contributed by atoms with Crippen LogP contribution in [-0.4, -0.2) is 23.0 Å². The molecule has 0 bridgehead atoms. The first kappa shape index (κ1) is 14.6. The zero-order chi connectivity index (χ0) is 14.8. The monoisotopic (exact) mass is 319 g/mol. The number of hydrogen-bond donors (Lipinski definition) is 0. The Morgan fingerprint density at radius 2 is 1.90 bits per heavy atom. The highest BCUT2D eigenvalue weighted by Gasteiger charge is 2.21. The molecule has 1 saturated heterocycles. The van der Waals surface area contributed by atoms with Gasteiger partial charge in [0.05, 0.1) is 5.02 Å². The van der Waals surface area contributed by atoms with Crippen molar-refractivity contribution in [2.45, 2.75) is 19.8 Å². The quantitative estimate of drug-likeness (QED) is 0.724. The van der Waals surface area contributed by atoms with Gasteiger partial charge in [-0.1, -0.05) is 42.9 Å². The molecule has 2 heterocycles. The number of benzene rings is 1. The lowest BCUT2D eigenvalue weighted by atomic mass is 9.99. The molecular weight excluding hydrogens is 302 g/mol. The minimum atomic E-state index is 0.691. The minimum absolute atomic E-state index is 0.691. The molecule has 110 valence electrons. The van der Waals surface area contributed by atoms with Gasteiger partial charge in [-0.05, 0) is 43.0 Å². The summed E-state index contributed by atoms with van der Waals surface area (Å²) in [4.78, 5) is 3.05. The SMILES string of the molecule is CC1CCN(C(=S)c2ccc(-c3ccccc3Cl)o2)CC1. The topological polar surface area (TPSA) is 16.4 Å². The van der Waals surface area contributed by atoms with Crippen LogP contribution in [0.15, 0.2) is 40.8 Å². The van der Waals surface area contributed by atoms with Gasteiger partial charge in [-0.3, -0.25) is 0 Å². The predicted molar refractivity (Wildman–Crippen MR) is 90.8 cm³/mol. The lowest BCUT2D eigenvalue weighted by molar-refractivity contribution is 0.281. The fourth-order valence-electron chi connectivity index (χ4n) is 2.63. The largest absolute Gasteiger partial charge is 0.454 e. The van der Waals surface area contributed by atoms with Crippen LogP contribution in [0.3, 0.4) is 0 Å². The molecule has 0 amide bonds. The summed E-state index contributed by atoms with van der Waals surface area (Å²) in [6.07, 6.45) is 2.39. The average molecular weight is 320 g/mol. The zero-order valence-corrected chi connectivity index (χ0v) is 13.6. The summed E-state index contributed by atoms with van der Waals surface area (Å²) in [7, 11) is 0. The molecule has 3 rings (SSSR count). The Labute approximate surface area is 135 Å². The summed E-state index contributed by atoms with van der Waals surface area (Å²) in [5.74, 6) is 2.32. The van der Waals surface area contributed by atoms with Crippen molar-refractivity contribution in [2.75, 3.05) is 13.1 Å². The number of nitrogens with zero attached hydrogens (tertiary/aromatic N) is 1. The number of piperidine rings is 1. The van der Waals surface area contributed by atoms with E-state index in [0.717, 1.165) is 41.1 Å². The second kappa shape index (κ2) is 6.20. The molecule has 1 aromatic carbocycles. The molecule has 1 aliphatic heterocycles. The van der Waals surface area contributed by atoms with Crippen LogP contribution in [0.1, 0.15) is 25.5 Å². The highest BCUT2D eigenvalue weighted by molar-refractivity contribution is 7.80. The van der Waals surface area contributed by atoms with E-state index in [-0.39, 0.29) is 0 Å². The van der Waals surface area contributed by atoms with Gasteiger partial charge in [0.25, 0.3) is 0 Å². The van der Waals surface area contributed by atoms with E-state index in [0.29, 0.717) is 5.02 Å². The van der Waals surface area contributed by atoms with Gasteiger partial charge in [-0.15, -0.1) is 0 Å². The molecule has 0 N–H and O–H groups in total. The van der Waals surface area contributed by atoms with E-state index in [1.54, 1.807) is 0 Å². The maximum Gasteiger partial charge on any atom is 0.162 e. The van der Waals surface area contributed by atoms with Gasteiger partial charge in [0.2, 0.25) is 0 Å². The van der Waals surface area contributed by atoms with Crippen LogP contribution in [0.2, 0.25) is 5.02 Å². The number of rotatable bonds is 2. The van der Waals surface area contributed by atoms with E-state index >= 15 is 0 Å². The second-order valence-corrected chi connectivity index (χ2v) is 6.41. The predicted octanol–water partition coefficient (Wildman–Crippen LogP) is 5.01. The van der Waals surface area contributed by atoms with Crippen molar-refractivity contribution in [1.82, 2.24) is 4.90 Å². The Balaban J connectivity index is 1.79. The number of halogens is 1. The molecule has 0 atom stereocenters. The third-order valence-corrected chi connectivity index (χ3v) is 4.82. The molecule has 1 aromatic heterocycles. The van der Waals surface area contributed by atoms with Gasteiger partial charge < -0.3 is 9.32 Å². The van der Waals surface area contributed by atoms with Crippen LogP contribution in [0.5, 0.6) is 0 Å². The van der Waals surface area contributed by atoms with Crippen molar-refractivity contribution in [2.24, 2.45) is 5.92 Å². The fraction of sp³-hybridized carbons (Fsp3) is 0.353. The van der Waals surface area contributed by atoms with Crippen LogP contribution in [0, 0.1) is 5.92 Å². The van der Waals surface area contributed by atoms with Gasteiger partial charge in [-0.25, -0.2) is 0 Å². The van der Waals surface area contributed by atoms with E-state index in [1.807, 2.05) is 36.4 Å². The Hall–Kier alpha value is -1.32. The molecule has 2 aromatic rings. The molecule has 0 saturated carbocycles. The molecule has 0 aliphatic carbocycles. The number of hydrogen-bond acceptors (Lipinski definition) is 2. The van der Waals surface area contributed by atoms with E-state index < -0.39 is 0 Å². The van der Waals surface area contributed by atoms with Crippen LogP contribution in [0.25, 0.3) is 11.3 Å². The van der Waals surface area contributed by atoms with Gasteiger partial charge >= 0.3 is 0 Å². The van der Waals surface area contributed by atoms with E-state index in [1.165, 1.54) is 12.8 Å². The molecule has 2 nitrogen and oxygen atoms in total. The van der Waals surface area contributed by atoms with Crippen molar-refractivity contribution in [3.63, 3.8) is 0 Å². The van der Waals surface area contributed by atoms with Crippen LogP contribution in [0.4, 0.5) is 0 Å². The van der Waals surface area contributed by atoms with E-state index in [4.69, 9.17) is 28.2 Å². The number of thiocarbonyl (C=S) groups is 1. The minimum Gasteiger partial charge on any atom is -0.454 e. The van der Waals surface area contributed by atoms with Crippen molar-refractivity contribution in [3.05, 3.63) is 47.2 Å². The normalized spacial score (nSPS) is 16.2. The molecule has 1 fully saturated rings. The lowest BCUT2D eigenvalue weighted by Crippen LogP contribution is -2.37. The maximum atomic E-state index is 6.21. The van der Waals surface area contributed by atoms with Crippen LogP contribution >= 0.6 is 23.8 Å². The maximum absolute atomic E-state index is 6.21. The number of likely N-dealkylation sites (tertiary alicyclic amines) is 1. The molecule has 0 spiro atoms. The first-order valence-corrected chi connectivity index (χ1v) is 8.08. The smallest absolute Gasteiger partial charge is 0.162 e. The van der Waals surface area contributed by atoms with Crippen molar-refractivity contribution < 1.29 is 4.42 Å². The third-order valence-electron chi connectivity index (χ3n) is 4.03. The lowest BCUT2D eigenvalue weighted by Gasteiger charge is -2.31. The second-order valence-electron chi connectivity index (χ2n) is 5.62. The Kier molecular flexibility index (Phi) is 4.32. The first-order chi connectivity index (χ1) is 10.1.